The van der Waals surface area contributed by atoms with Gasteiger partial charge < -0.3 is 4.57 Å². The van der Waals surface area contributed by atoms with Crippen molar-refractivity contribution < 1.29 is 17.1 Å². The van der Waals surface area contributed by atoms with E-state index in [1.165, 1.54) is 11.4 Å². The molecule has 0 N–H and O–H groups in total. The van der Waals surface area contributed by atoms with Crippen LogP contribution in [0.5, 0.6) is 0 Å². The van der Waals surface area contributed by atoms with Crippen LogP contribution in [-0.4, -0.2) is 9.55 Å². The summed E-state index contributed by atoms with van der Waals surface area (Å²) < 4.78 is 2.25. The van der Waals surface area contributed by atoms with Gasteiger partial charge in [-0.1, -0.05) is 18.2 Å². The standard InChI is InChI=1S/C16H15N2.C5H5.Fe/c1-2-7-16-17-14-10-5-6-11-15(14)18(16)12-13-8-3-4-9-13;1-2-4-5-3-1;/h2-11H,12H2,1H3;1-5H;/q;;+2/b7-2+;;. The Hall–Kier alpha value is -1.05. The summed E-state index contributed by atoms with van der Waals surface area (Å²) in [6, 6.07) is 8.27. The smallest absolute Gasteiger partial charge is 0.324 e. The molecule has 2 aromatic rings. The molecule has 2 saturated carbocycles. The Morgan fingerprint density at radius 3 is 2.17 bits per heavy atom. The van der Waals surface area contributed by atoms with Gasteiger partial charge in [0.05, 0.1) is 11.0 Å². The van der Waals surface area contributed by atoms with Crippen molar-refractivity contribution in [1.82, 2.24) is 9.55 Å². The monoisotopic (exact) mass is 356 g/mol. The van der Waals surface area contributed by atoms with Crippen LogP contribution in [0.3, 0.4) is 0 Å². The van der Waals surface area contributed by atoms with E-state index < -0.39 is 0 Å². The maximum atomic E-state index is 4.66. The van der Waals surface area contributed by atoms with Gasteiger partial charge in [-0.15, -0.1) is 0 Å². The fourth-order valence-electron chi connectivity index (χ4n) is 2.56. The molecule has 4 rings (SSSR count). The molecular formula is C21H20FeN2+2. The molecule has 2 fully saturated rings. The van der Waals surface area contributed by atoms with Crippen molar-refractivity contribution in [2.75, 3.05) is 0 Å². The fraction of sp³-hybridized carbons (Fsp3) is 0.0952. The van der Waals surface area contributed by atoms with Gasteiger partial charge >= 0.3 is 17.1 Å². The molecule has 0 aliphatic heterocycles. The number of rotatable bonds is 3. The topological polar surface area (TPSA) is 17.8 Å². The van der Waals surface area contributed by atoms with E-state index in [2.05, 4.69) is 59.5 Å². The van der Waals surface area contributed by atoms with Crippen molar-refractivity contribution in [3.63, 3.8) is 0 Å². The molecule has 1 heterocycles. The zero-order chi connectivity index (χ0) is 15.9. The average Bonchev–Trinajstić information content (AvgIpc) is 3.32. The van der Waals surface area contributed by atoms with E-state index in [0.29, 0.717) is 0 Å². The van der Waals surface area contributed by atoms with Crippen molar-refractivity contribution in [3.8, 4) is 0 Å². The number of hydrogen-bond donors (Lipinski definition) is 0. The Morgan fingerprint density at radius 2 is 1.54 bits per heavy atom. The second-order valence-corrected chi connectivity index (χ2v) is 5.30. The Bertz CT molecular complexity index is 627. The quantitative estimate of drug-likeness (QED) is 0.741. The van der Waals surface area contributed by atoms with Crippen molar-refractivity contribution in [2.24, 2.45) is 0 Å². The molecule has 0 amide bonds. The number of benzene rings is 1. The van der Waals surface area contributed by atoms with Gasteiger partial charge in [-0.25, -0.2) is 4.98 Å². The van der Waals surface area contributed by atoms with Crippen LogP contribution in [0.15, 0.2) is 30.3 Å². The molecule has 2 aliphatic rings. The first-order valence-electron chi connectivity index (χ1n) is 7.83. The number of aromatic nitrogens is 2. The largest absolute Gasteiger partial charge is 2.00 e. The van der Waals surface area contributed by atoms with Crippen LogP contribution in [0.1, 0.15) is 12.7 Å². The third kappa shape index (κ3) is 4.97. The fourth-order valence-corrected chi connectivity index (χ4v) is 2.56. The summed E-state index contributed by atoms with van der Waals surface area (Å²) >= 11 is 0. The van der Waals surface area contributed by atoms with E-state index in [4.69, 9.17) is 0 Å². The van der Waals surface area contributed by atoms with Crippen molar-refractivity contribution in [2.45, 2.75) is 13.5 Å². The number of para-hydroxylation sites is 2. The minimum atomic E-state index is 0. The van der Waals surface area contributed by atoms with Gasteiger partial charge in [0, 0.05) is 12.5 Å². The van der Waals surface area contributed by atoms with Crippen LogP contribution in [0, 0.1) is 63.7 Å². The molecule has 0 bridgehead atoms. The van der Waals surface area contributed by atoms with Crippen LogP contribution < -0.4 is 0 Å². The molecule has 0 spiro atoms. The van der Waals surface area contributed by atoms with Crippen LogP contribution in [0.2, 0.25) is 0 Å². The summed E-state index contributed by atoms with van der Waals surface area (Å²) in [5.74, 6) is 2.32. The summed E-state index contributed by atoms with van der Waals surface area (Å²) in [4.78, 5) is 4.66. The van der Waals surface area contributed by atoms with Gasteiger partial charge in [-0.05, 0) is 82.9 Å². The average molecular weight is 356 g/mol. The SMILES string of the molecule is C/C=C/c1nc2ccccc2n1C[C]1[CH][CH][CH][CH]1.[CH]1[CH][CH][CH][CH]1.[Fe+2]. The minimum absolute atomic E-state index is 0. The zero-order valence-electron chi connectivity index (χ0n) is 13.6. The summed E-state index contributed by atoms with van der Waals surface area (Å²) in [5, 5.41) is 0. The number of fused-ring (bicyclic) bond motifs is 1. The van der Waals surface area contributed by atoms with E-state index in [0.717, 1.165) is 17.9 Å². The molecule has 2 aliphatic carbocycles. The second-order valence-electron chi connectivity index (χ2n) is 5.30. The van der Waals surface area contributed by atoms with Gasteiger partial charge in [0.1, 0.15) is 5.82 Å². The zero-order valence-corrected chi connectivity index (χ0v) is 14.7. The number of nitrogens with zero attached hydrogens (tertiary/aromatic N) is 2. The third-order valence-corrected chi connectivity index (χ3v) is 3.63. The van der Waals surface area contributed by atoms with Crippen LogP contribution in [0.4, 0.5) is 0 Å². The predicted octanol–water partition coefficient (Wildman–Crippen LogP) is 4.49. The number of hydrogen-bond acceptors (Lipinski definition) is 1. The molecule has 10 radical (unpaired) electrons. The molecule has 120 valence electrons. The van der Waals surface area contributed by atoms with Crippen molar-refractivity contribution in [3.05, 3.63) is 99.9 Å². The van der Waals surface area contributed by atoms with E-state index in [-0.39, 0.29) is 17.1 Å². The van der Waals surface area contributed by atoms with E-state index in [1.807, 2.05) is 51.2 Å². The van der Waals surface area contributed by atoms with Gasteiger partial charge in [-0.3, -0.25) is 0 Å². The third-order valence-electron chi connectivity index (χ3n) is 3.63. The Labute approximate surface area is 157 Å². The Morgan fingerprint density at radius 1 is 0.917 bits per heavy atom. The molecule has 0 unspecified atom stereocenters. The molecule has 2 nitrogen and oxygen atoms in total. The normalized spacial score (nSPS) is 17.9. The molecule has 3 heteroatoms. The van der Waals surface area contributed by atoms with Gasteiger partial charge in [0.25, 0.3) is 0 Å². The van der Waals surface area contributed by atoms with Gasteiger partial charge in [0.2, 0.25) is 0 Å². The summed E-state index contributed by atoms with van der Waals surface area (Å²) in [6.07, 6.45) is 22.5. The first-order chi connectivity index (χ1) is 11.4. The minimum Gasteiger partial charge on any atom is -0.324 e. The van der Waals surface area contributed by atoms with Crippen molar-refractivity contribution in [1.29, 1.82) is 0 Å². The molecule has 0 atom stereocenters. The maximum absolute atomic E-state index is 4.66. The van der Waals surface area contributed by atoms with Crippen LogP contribution in [-0.2, 0) is 23.6 Å². The molecule has 0 saturated heterocycles. The first kappa shape index (κ1) is 19.3. The maximum Gasteiger partial charge on any atom is 2.00 e. The molecule has 1 aromatic heterocycles. The van der Waals surface area contributed by atoms with Gasteiger partial charge in [0.15, 0.2) is 0 Å². The molecule has 24 heavy (non-hydrogen) atoms. The second kappa shape index (κ2) is 10.1. The molecule has 1 aromatic carbocycles. The summed E-state index contributed by atoms with van der Waals surface area (Å²) in [6.45, 7) is 2.89. The predicted molar refractivity (Wildman–Crippen MR) is 96.4 cm³/mol. The van der Waals surface area contributed by atoms with E-state index >= 15 is 0 Å². The number of allylic oxidation sites excluding steroid dienone is 1. The number of imidazole rings is 1. The van der Waals surface area contributed by atoms with Crippen LogP contribution >= 0.6 is 0 Å². The Balaban J connectivity index is 0.000000300. The van der Waals surface area contributed by atoms with E-state index in [9.17, 15) is 0 Å². The summed E-state index contributed by atoms with van der Waals surface area (Å²) in [7, 11) is 0. The van der Waals surface area contributed by atoms with Crippen LogP contribution in [0.25, 0.3) is 17.1 Å². The first-order valence-corrected chi connectivity index (χ1v) is 7.83. The van der Waals surface area contributed by atoms with E-state index in [1.54, 1.807) is 0 Å². The van der Waals surface area contributed by atoms with Crippen molar-refractivity contribution >= 4 is 17.1 Å². The Kier molecular flexibility index (Phi) is 8.08. The summed E-state index contributed by atoms with van der Waals surface area (Å²) in [5.41, 5.74) is 2.24. The van der Waals surface area contributed by atoms with Gasteiger partial charge in [-0.2, -0.15) is 0 Å². The molecular weight excluding hydrogens is 336 g/mol.